The van der Waals surface area contributed by atoms with Crippen LogP contribution in [0.3, 0.4) is 0 Å². The fourth-order valence-electron chi connectivity index (χ4n) is 2.19. The molecule has 24 heavy (non-hydrogen) atoms. The van der Waals surface area contributed by atoms with Gasteiger partial charge >= 0.3 is 0 Å². The smallest absolute Gasteiger partial charge is 0.255 e. The zero-order chi connectivity index (χ0) is 17.1. The molecule has 0 aliphatic heterocycles. The van der Waals surface area contributed by atoms with Crippen molar-refractivity contribution in [1.29, 1.82) is 0 Å². The minimum atomic E-state index is -0.293. The van der Waals surface area contributed by atoms with E-state index in [2.05, 4.69) is 25.4 Å². The molecular formula is C16H16N6O2. The molecule has 0 saturated heterocycles. The Hall–Kier alpha value is -3.29. The van der Waals surface area contributed by atoms with Gasteiger partial charge in [-0.05, 0) is 26.0 Å². The first-order valence-corrected chi connectivity index (χ1v) is 7.24. The lowest BCUT2D eigenvalue weighted by molar-refractivity contribution is 0.102. The molecule has 8 nitrogen and oxygen atoms in total. The number of aryl methyl sites for hydroxylation is 2. The highest BCUT2D eigenvalue weighted by atomic mass is 16.5. The first-order chi connectivity index (χ1) is 11.6. The maximum atomic E-state index is 12.2. The topological polar surface area (TPSA) is 94.8 Å². The van der Waals surface area contributed by atoms with Gasteiger partial charge in [0.2, 0.25) is 5.88 Å². The molecule has 0 fully saturated rings. The number of hydrogen-bond acceptors (Lipinski definition) is 6. The molecule has 0 bridgehead atoms. The molecule has 1 N–H and O–H groups in total. The third kappa shape index (κ3) is 3.22. The number of carbonyl (C=O) groups is 1. The molecule has 0 saturated carbocycles. The van der Waals surface area contributed by atoms with Gasteiger partial charge < -0.3 is 10.1 Å². The predicted octanol–water partition coefficient (Wildman–Crippen LogP) is 1.94. The average Bonchev–Trinajstić information content (AvgIpc) is 2.94. The number of ether oxygens (including phenoxy) is 1. The van der Waals surface area contributed by atoms with Crippen LogP contribution < -0.4 is 10.1 Å². The molecule has 3 aromatic rings. The van der Waals surface area contributed by atoms with E-state index in [9.17, 15) is 4.79 Å². The second kappa shape index (κ2) is 6.45. The van der Waals surface area contributed by atoms with Crippen LogP contribution in [-0.2, 0) is 0 Å². The molecule has 0 aliphatic carbocycles. The van der Waals surface area contributed by atoms with Gasteiger partial charge in [0.15, 0.2) is 0 Å². The van der Waals surface area contributed by atoms with Crippen LogP contribution >= 0.6 is 0 Å². The maximum absolute atomic E-state index is 12.2. The molecular weight excluding hydrogens is 308 g/mol. The Kier molecular flexibility index (Phi) is 4.19. The molecule has 1 amide bonds. The summed E-state index contributed by atoms with van der Waals surface area (Å²) in [5.74, 6) is 0.529. The van der Waals surface area contributed by atoms with Gasteiger partial charge in [-0.25, -0.2) is 19.6 Å². The molecule has 0 radical (unpaired) electrons. The van der Waals surface area contributed by atoms with Crippen molar-refractivity contribution in [3.63, 3.8) is 0 Å². The molecule has 122 valence electrons. The van der Waals surface area contributed by atoms with Gasteiger partial charge in [-0.3, -0.25) is 4.79 Å². The maximum Gasteiger partial charge on any atom is 0.255 e. The van der Waals surface area contributed by atoms with Crippen LogP contribution in [0.2, 0.25) is 0 Å². The quantitative estimate of drug-likeness (QED) is 0.788. The van der Waals surface area contributed by atoms with Gasteiger partial charge in [-0.15, -0.1) is 0 Å². The number of anilines is 1. The van der Waals surface area contributed by atoms with Crippen molar-refractivity contribution in [2.45, 2.75) is 13.8 Å². The second-order valence-corrected chi connectivity index (χ2v) is 5.15. The van der Waals surface area contributed by atoms with E-state index >= 15 is 0 Å². The molecule has 8 heteroatoms. The van der Waals surface area contributed by atoms with E-state index in [-0.39, 0.29) is 5.91 Å². The normalized spacial score (nSPS) is 10.5. The first-order valence-electron chi connectivity index (χ1n) is 7.24. The van der Waals surface area contributed by atoms with Gasteiger partial charge in [-0.2, -0.15) is 5.10 Å². The van der Waals surface area contributed by atoms with E-state index in [0.29, 0.717) is 23.1 Å². The number of methoxy groups -OCH3 is 1. The minimum absolute atomic E-state index is 0.293. The number of rotatable bonds is 4. The molecule has 0 aromatic carbocycles. The lowest BCUT2D eigenvalue weighted by atomic mass is 10.2. The Morgan fingerprint density at radius 3 is 2.54 bits per heavy atom. The number of nitrogens with zero attached hydrogens (tertiary/aromatic N) is 5. The van der Waals surface area contributed by atoms with E-state index < -0.39 is 0 Å². The Labute approximate surface area is 138 Å². The summed E-state index contributed by atoms with van der Waals surface area (Å²) < 4.78 is 6.66. The van der Waals surface area contributed by atoms with Crippen molar-refractivity contribution in [1.82, 2.24) is 24.7 Å². The average molecular weight is 324 g/mol. The SMILES string of the molecule is COc1cc(C(=O)Nc2cnc(-n3nc(C)cc3C)nc2)ccn1. The number of pyridine rings is 1. The van der Waals surface area contributed by atoms with Crippen LogP contribution in [0, 0.1) is 13.8 Å². The summed E-state index contributed by atoms with van der Waals surface area (Å²) in [6.07, 6.45) is 4.58. The number of carbonyl (C=O) groups excluding carboxylic acids is 1. The summed E-state index contributed by atoms with van der Waals surface area (Å²) >= 11 is 0. The van der Waals surface area contributed by atoms with Crippen LogP contribution in [0.1, 0.15) is 21.7 Å². The van der Waals surface area contributed by atoms with E-state index in [0.717, 1.165) is 11.4 Å². The summed E-state index contributed by atoms with van der Waals surface area (Å²) in [4.78, 5) is 24.7. The van der Waals surface area contributed by atoms with Crippen molar-refractivity contribution in [2.24, 2.45) is 0 Å². The fraction of sp³-hybridized carbons (Fsp3) is 0.188. The number of amides is 1. The summed E-state index contributed by atoms with van der Waals surface area (Å²) in [7, 11) is 1.50. The predicted molar refractivity (Wildman–Crippen MR) is 87.4 cm³/mol. The number of aromatic nitrogens is 5. The monoisotopic (exact) mass is 324 g/mol. The van der Waals surface area contributed by atoms with E-state index in [1.807, 2.05) is 19.9 Å². The standard InChI is InChI=1S/C16H16N6O2/c1-10-6-11(2)22(21-10)16-18-8-13(9-19-16)20-15(23)12-4-5-17-14(7-12)24-3/h4-9H,1-3H3,(H,20,23). The zero-order valence-corrected chi connectivity index (χ0v) is 13.5. The van der Waals surface area contributed by atoms with Crippen LogP contribution in [-0.4, -0.2) is 37.7 Å². The minimum Gasteiger partial charge on any atom is -0.481 e. The van der Waals surface area contributed by atoms with E-state index in [1.165, 1.54) is 25.7 Å². The zero-order valence-electron chi connectivity index (χ0n) is 13.5. The van der Waals surface area contributed by atoms with Crippen LogP contribution in [0.5, 0.6) is 5.88 Å². The first kappa shape index (κ1) is 15.6. The van der Waals surface area contributed by atoms with Crippen molar-refractivity contribution < 1.29 is 9.53 Å². The van der Waals surface area contributed by atoms with Crippen LogP contribution in [0.25, 0.3) is 5.95 Å². The highest BCUT2D eigenvalue weighted by Gasteiger charge is 2.10. The molecule has 3 rings (SSSR count). The Bertz CT molecular complexity index is 873. The Balaban J connectivity index is 1.76. The van der Waals surface area contributed by atoms with Crippen molar-refractivity contribution in [3.8, 4) is 11.8 Å². The third-order valence-corrected chi connectivity index (χ3v) is 3.30. The van der Waals surface area contributed by atoms with Gasteiger partial charge in [0.05, 0.1) is 30.9 Å². The highest BCUT2D eigenvalue weighted by molar-refractivity contribution is 6.04. The Morgan fingerprint density at radius 1 is 1.17 bits per heavy atom. The molecule has 0 unspecified atom stereocenters. The van der Waals surface area contributed by atoms with Crippen LogP contribution in [0.15, 0.2) is 36.8 Å². The van der Waals surface area contributed by atoms with Gasteiger partial charge in [0.25, 0.3) is 11.9 Å². The second-order valence-electron chi connectivity index (χ2n) is 5.15. The lowest BCUT2D eigenvalue weighted by Gasteiger charge is -2.07. The van der Waals surface area contributed by atoms with Gasteiger partial charge in [0.1, 0.15) is 0 Å². The molecule has 3 aromatic heterocycles. The Morgan fingerprint density at radius 2 is 1.92 bits per heavy atom. The molecule has 0 atom stereocenters. The summed E-state index contributed by atoms with van der Waals surface area (Å²) in [6, 6.07) is 5.10. The van der Waals surface area contributed by atoms with Gasteiger partial charge in [0, 0.05) is 23.5 Å². The largest absolute Gasteiger partial charge is 0.481 e. The fourth-order valence-corrected chi connectivity index (χ4v) is 2.19. The van der Waals surface area contributed by atoms with E-state index in [1.54, 1.807) is 16.8 Å². The van der Waals surface area contributed by atoms with Crippen molar-refractivity contribution in [3.05, 3.63) is 53.7 Å². The number of nitrogens with one attached hydrogen (secondary N) is 1. The summed E-state index contributed by atoms with van der Waals surface area (Å²) in [6.45, 7) is 3.83. The third-order valence-electron chi connectivity index (χ3n) is 3.30. The van der Waals surface area contributed by atoms with Crippen LogP contribution in [0.4, 0.5) is 5.69 Å². The van der Waals surface area contributed by atoms with Gasteiger partial charge in [-0.1, -0.05) is 0 Å². The highest BCUT2D eigenvalue weighted by Crippen LogP contribution is 2.13. The molecule has 0 aliphatic rings. The summed E-state index contributed by atoms with van der Waals surface area (Å²) in [5.41, 5.74) is 2.75. The molecule has 3 heterocycles. The van der Waals surface area contributed by atoms with Crippen molar-refractivity contribution in [2.75, 3.05) is 12.4 Å². The van der Waals surface area contributed by atoms with E-state index in [4.69, 9.17) is 4.74 Å². The summed E-state index contributed by atoms with van der Waals surface area (Å²) in [5, 5.41) is 7.05. The molecule has 0 spiro atoms. The number of hydrogen-bond donors (Lipinski definition) is 1. The van der Waals surface area contributed by atoms with Crippen molar-refractivity contribution >= 4 is 11.6 Å². The lowest BCUT2D eigenvalue weighted by Crippen LogP contribution is -2.13.